The lowest BCUT2D eigenvalue weighted by atomic mass is 10.1. The fourth-order valence-corrected chi connectivity index (χ4v) is 3.09. The van der Waals surface area contributed by atoms with Gasteiger partial charge in [0.15, 0.2) is 0 Å². The van der Waals surface area contributed by atoms with Crippen molar-refractivity contribution in [1.29, 1.82) is 0 Å². The summed E-state index contributed by atoms with van der Waals surface area (Å²) in [4.78, 5) is 20.5. The number of rotatable bonds is 6. The molecule has 0 aliphatic carbocycles. The number of benzene rings is 2. The van der Waals surface area contributed by atoms with Gasteiger partial charge in [0.25, 0.3) is 5.91 Å². The van der Waals surface area contributed by atoms with Gasteiger partial charge in [-0.1, -0.05) is 23.7 Å². The molecular weight excluding hydrogens is 342 g/mol. The molecule has 0 aliphatic rings. The van der Waals surface area contributed by atoms with Crippen LogP contribution in [0.15, 0.2) is 48.5 Å². The highest BCUT2D eigenvalue weighted by atomic mass is 35.5. The second-order valence-electron chi connectivity index (χ2n) is 5.45. The minimum atomic E-state index is -0.159. The van der Waals surface area contributed by atoms with Crippen molar-refractivity contribution in [2.75, 3.05) is 12.0 Å². The molecule has 0 saturated carbocycles. The molecule has 0 fully saturated rings. The number of imidazole rings is 1. The number of aromatic amines is 1. The number of aromatic nitrogens is 2. The highest BCUT2D eigenvalue weighted by molar-refractivity contribution is 7.98. The van der Waals surface area contributed by atoms with E-state index in [2.05, 4.69) is 21.5 Å². The number of nitrogens with one attached hydrogen (secondary N) is 2. The molecular formula is C18H18ClN3OS. The van der Waals surface area contributed by atoms with Crippen LogP contribution in [0.3, 0.4) is 0 Å². The average molecular weight is 360 g/mol. The fourth-order valence-electron chi connectivity index (χ4n) is 2.49. The molecule has 1 aromatic heterocycles. The summed E-state index contributed by atoms with van der Waals surface area (Å²) in [6, 6.07) is 14.6. The molecule has 1 atom stereocenters. The Balaban J connectivity index is 1.83. The van der Waals surface area contributed by atoms with E-state index < -0.39 is 0 Å². The third-order valence-electron chi connectivity index (χ3n) is 3.76. The third-order valence-corrected chi connectivity index (χ3v) is 4.66. The lowest BCUT2D eigenvalue weighted by Crippen LogP contribution is -2.29. The fraction of sp³-hybridized carbons (Fsp3) is 0.222. The Kier molecular flexibility index (Phi) is 5.43. The van der Waals surface area contributed by atoms with Gasteiger partial charge >= 0.3 is 0 Å². The molecule has 3 rings (SSSR count). The molecule has 124 valence electrons. The van der Waals surface area contributed by atoms with Crippen LogP contribution < -0.4 is 5.32 Å². The first-order valence-electron chi connectivity index (χ1n) is 7.67. The number of nitrogens with zero attached hydrogens (tertiary/aromatic N) is 1. The first-order valence-corrected chi connectivity index (χ1v) is 9.44. The second-order valence-corrected chi connectivity index (χ2v) is 6.88. The van der Waals surface area contributed by atoms with Gasteiger partial charge in [0.1, 0.15) is 5.82 Å². The minimum Gasteiger partial charge on any atom is -0.342 e. The predicted octanol–water partition coefficient (Wildman–Crippen LogP) is 4.44. The average Bonchev–Trinajstić information content (AvgIpc) is 3.03. The summed E-state index contributed by atoms with van der Waals surface area (Å²) in [7, 11) is 0. The zero-order valence-corrected chi connectivity index (χ0v) is 14.8. The number of H-pyrrole nitrogens is 1. The van der Waals surface area contributed by atoms with Crippen molar-refractivity contribution in [3.63, 3.8) is 0 Å². The molecule has 3 aromatic rings. The minimum absolute atomic E-state index is 0.127. The summed E-state index contributed by atoms with van der Waals surface area (Å²) in [6.07, 6.45) is 2.86. The van der Waals surface area contributed by atoms with Crippen molar-refractivity contribution in [1.82, 2.24) is 15.3 Å². The lowest BCUT2D eigenvalue weighted by Gasteiger charge is -2.16. The van der Waals surface area contributed by atoms with Gasteiger partial charge in [-0.2, -0.15) is 11.8 Å². The summed E-state index contributed by atoms with van der Waals surface area (Å²) in [5.74, 6) is 1.59. The van der Waals surface area contributed by atoms with Gasteiger partial charge < -0.3 is 10.3 Å². The molecule has 0 spiro atoms. The Bertz CT molecular complexity index is 799. The Morgan fingerprint density at radius 1 is 1.25 bits per heavy atom. The van der Waals surface area contributed by atoms with E-state index in [4.69, 9.17) is 11.6 Å². The normalized spacial score (nSPS) is 12.2. The summed E-state index contributed by atoms with van der Waals surface area (Å²) in [5, 5.41) is 3.69. The maximum Gasteiger partial charge on any atom is 0.251 e. The zero-order valence-electron chi connectivity index (χ0n) is 13.3. The molecule has 0 radical (unpaired) electrons. The largest absolute Gasteiger partial charge is 0.342 e. The van der Waals surface area contributed by atoms with Crippen LogP contribution in [0, 0.1) is 0 Å². The molecule has 0 bridgehead atoms. The van der Waals surface area contributed by atoms with Crippen LogP contribution in [0.1, 0.15) is 28.6 Å². The number of hydrogen-bond acceptors (Lipinski definition) is 3. The Morgan fingerprint density at radius 2 is 2.00 bits per heavy atom. The van der Waals surface area contributed by atoms with E-state index in [1.54, 1.807) is 36.0 Å². The van der Waals surface area contributed by atoms with Crippen LogP contribution in [0.2, 0.25) is 5.02 Å². The van der Waals surface area contributed by atoms with Gasteiger partial charge in [0.05, 0.1) is 17.1 Å². The molecule has 0 saturated heterocycles. The van der Waals surface area contributed by atoms with E-state index in [0.29, 0.717) is 10.6 Å². The molecule has 4 nitrogen and oxygen atoms in total. The van der Waals surface area contributed by atoms with Crippen molar-refractivity contribution in [2.24, 2.45) is 0 Å². The van der Waals surface area contributed by atoms with Crippen molar-refractivity contribution >= 4 is 40.3 Å². The lowest BCUT2D eigenvalue weighted by molar-refractivity contribution is 0.0934. The van der Waals surface area contributed by atoms with E-state index in [0.717, 1.165) is 29.0 Å². The van der Waals surface area contributed by atoms with Crippen molar-refractivity contribution in [3.8, 4) is 0 Å². The molecule has 1 amide bonds. The highest BCUT2D eigenvalue weighted by Crippen LogP contribution is 2.21. The number of carbonyl (C=O) groups excluding carboxylic acids is 1. The highest BCUT2D eigenvalue weighted by Gasteiger charge is 2.19. The number of amides is 1. The van der Waals surface area contributed by atoms with E-state index in [-0.39, 0.29) is 11.9 Å². The Morgan fingerprint density at radius 3 is 2.71 bits per heavy atom. The Hall–Kier alpha value is -1.98. The van der Waals surface area contributed by atoms with Gasteiger partial charge in [-0.15, -0.1) is 0 Å². The molecule has 2 aromatic carbocycles. The molecule has 0 aliphatic heterocycles. The molecule has 1 heterocycles. The summed E-state index contributed by atoms with van der Waals surface area (Å²) in [6.45, 7) is 0. The quantitative estimate of drug-likeness (QED) is 0.684. The summed E-state index contributed by atoms with van der Waals surface area (Å²) in [5.41, 5.74) is 2.47. The number of thioether (sulfide) groups is 1. The van der Waals surface area contributed by atoms with Crippen LogP contribution in [-0.4, -0.2) is 27.9 Å². The summed E-state index contributed by atoms with van der Waals surface area (Å²) < 4.78 is 0. The smallest absolute Gasteiger partial charge is 0.251 e. The van der Waals surface area contributed by atoms with Gasteiger partial charge in [-0.25, -0.2) is 4.98 Å². The van der Waals surface area contributed by atoms with Crippen molar-refractivity contribution in [3.05, 3.63) is 64.9 Å². The molecule has 1 unspecified atom stereocenters. The van der Waals surface area contributed by atoms with Gasteiger partial charge in [0, 0.05) is 10.6 Å². The van der Waals surface area contributed by atoms with Crippen LogP contribution in [0.4, 0.5) is 0 Å². The first-order chi connectivity index (χ1) is 11.7. The number of fused-ring (bicyclic) bond motifs is 1. The van der Waals surface area contributed by atoms with Gasteiger partial charge in [0.2, 0.25) is 0 Å². The van der Waals surface area contributed by atoms with Crippen LogP contribution in [0.5, 0.6) is 0 Å². The van der Waals surface area contributed by atoms with Gasteiger partial charge in [-0.05, 0) is 54.8 Å². The van der Waals surface area contributed by atoms with E-state index >= 15 is 0 Å². The predicted molar refractivity (Wildman–Crippen MR) is 101 cm³/mol. The van der Waals surface area contributed by atoms with E-state index in [9.17, 15) is 4.79 Å². The zero-order chi connectivity index (χ0) is 16.9. The van der Waals surface area contributed by atoms with Crippen LogP contribution in [0.25, 0.3) is 11.0 Å². The monoisotopic (exact) mass is 359 g/mol. The Labute approximate surface area is 150 Å². The topological polar surface area (TPSA) is 57.8 Å². The number of halogens is 1. The van der Waals surface area contributed by atoms with E-state index in [1.165, 1.54) is 0 Å². The summed E-state index contributed by atoms with van der Waals surface area (Å²) >= 11 is 7.63. The number of carbonyl (C=O) groups is 1. The third kappa shape index (κ3) is 3.91. The maximum atomic E-state index is 12.5. The van der Waals surface area contributed by atoms with Crippen molar-refractivity contribution in [2.45, 2.75) is 12.5 Å². The van der Waals surface area contributed by atoms with Gasteiger partial charge in [-0.3, -0.25) is 4.79 Å². The molecule has 2 N–H and O–H groups in total. The number of hydrogen-bond donors (Lipinski definition) is 2. The van der Waals surface area contributed by atoms with Crippen LogP contribution in [-0.2, 0) is 0 Å². The second kappa shape index (κ2) is 7.73. The number of para-hydroxylation sites is 2. The molecule has 24 heavy (non-hydrogen) atoms. The first kappa shape index (κ1) is 16.9. The van der Waals surface area contributed by atoms with E-state index in [1.807, 2.05) is 24.3 Å². The standard InChI is InChI=1S/C18H18ClN3OS/c1-24-11-10-16(17-20-14-4-2-3-5-15(14)21-17)22-18(23)12-6-8-13(19)9-7-12/h2-9,16H,10-11H2,1H3,(H,20,21)(H,22,23). The molecule has 6 heteroatoms. The van der Waals surface area contributed by atoms with Crippen molar-refractivity contribution < 1.29 is 4.79 Å². The SMILES string of the molecule is CSCCC(NC(=O)c1ccc(Cl)cc1)c1nc2ccccc2[nH]1. The van der Waals surface area contributed by atoms with Crippen LogP contribution >= 0.6 is 23.4 Å². The maximum absolute atomic E-state index is 12.5.